The van der Waals surface area contributed by atoms with Crippen molar-refractivity contribution in [3.8, 4) is 0 Å². The number of alkyl halides is 5. The van der Waals surface area contributed by atoms with Crippen molar-refractivity contribution in [3.05, 3.63) is 35.9 Å². The van der Waals surface area contributed by atoms with Gasteiger partial charge >= 0.3 is 12.3 Å². The smallest absolute Gasteiger partial charge is 0.308 e. The Balaban J connectivity index is 2.58. The SMILES string of the molecule is FC(F)(F)C(F)(F)OCc1ccccc1. The number of hydrogen-bond acceptors (Lipinski definition) is 1. The molecule has 1 aromatic carbocycles. The fraction of sp³-hybridized carbons (Fsp3) is 0.333. The lowest BCUT2D eigenvalue weighted by Gasteiger charge is -2.19. The lowest BCUT2D eigenvalue weighted by molar-refractivity contribution is -0.394. The Labute approximate surface area is 82.5 Å². The van der Waals surface area contributed by atoms with Crippen LogP contribution in [0.15, 0.2) is 30.3 Å². The van der Waals surface area contributed by atoms with Gasteiger partial charge in [-0.25, -0.2) is 0 Å². The first-order chi connectivity index (χ1) is 6.83. The first-order valence-corrected chi connectivity index (χ1v) is 3.95. The largest absolute Gasteiger partial charge is 0.482 e. The Hall–Kier alpha value is -1.17. The maximum atomic E-state index is 12.3. The summed E-state index contributed by atoms with van der Waals surface area (Å²) in [6.07, 6.45) is -10.8. The van der Waals surface area contributed by atoms with E-state index in [1.807, 2.05) is 0 Å². The second-order valence-electron chi connectivity index (χ2n) is 2.79. The predicted octanol–water partition coefficient (Wildman–Crippen LogP) is 3.36. The molecule has 0 heterocycles. The maximum Gasteiger partial charge on any atom is 0.482 e. The Kier molecular flexibility index (Phi) is 3.28. The van der Waals surface area contributed by atoms with Crippen molar-refractivity contribution in [2.24, 2.45) is 0 Å². The van der Waals surface area contributed by atoms with Crippen molar-refractivity contribution in [2.45, 2.75) is 18.9 Å². The van der Waals surface area contributed by atoms with Gasteiger partial charge in [-0.05, 0) is 5.56 Å². The predicted molar refractivity (Wildman–Crippen MR) is 42.2 cm³/mol. The third-order valence-corrected chi connectivity index (χ3v) is 1.59. The van der Waals surface area contributed by atoms with Crippen LogP contribution < -0.4 is 0 Å². The van der Waals surface area contributed by atoms with Gasteiger partial charge in [0.15, 0.2) is 0 Å². The van der Waals surface area contributed by atoms with Gasteiger partial charge < -0.3 is 4.74 Å². The van der Waals surface area contributed by atoms with E-state index in [4.69, 9.17) is 0 Å². The van der Waals surface area contributed by atoms with E-state index in [0.717, 1.165) is 0 Å². The summed E-state index contributed by atoms with van der Waals surface area (Å²) < 4.78 is 63.0. The Morgan fingerprint density at radius 2 is 1.47 bits per heavy atom. The van der Waals surface area contributed by atoms with Crippen LogP contribution in [0, 0.1) is 0 Å². The summed E-state index contributed by atoms with van der Waals surface area (Å²) >= 11 is 0. The third kappa shape index (κ3) is 3.16. The minimum absolute atomic E-state index is 0.251. The average Bonchev–Trinajstić information content (AvgIpc) is 2.15. The van der Waals surface area contributed by atoms with Gasteiger partial charge in [0, 0.05) is 0 Å². The molecule has 0 unspecified atom stereocenters. The topological polar surface area (TPSA) is 9.23 Å². The molecule has 0 amide bonds. The highest BCUT2D eigenvalue weighted by Crippen LogP contribution is 2.36. The molecule has 0 aliphatic heterocycles. The zero-order valence-corrected chi connectivity index (χ0v) is 7.39. The molecule has 15 heavy (non-hydrogen) atoms. The van der Waals surface area contributed by atoms with Crippen LogP contribution >= 0.6 is 0 Å². The van der Waals surface area contributed by atoms with Crippen LogP contribution in [0.5, 0.6) is 0 Å². The molecular weight excluding hydrogens is 219 g/mol. The summed E-state index contributed by atoms with van der Waals surface area (Å²) in [5, 5.41) is 0. The molecule has 1 nitrogen and oxygen atoms in total. The first-order valence-electron chi connectivity index (χ1n) is 3.95. The molecule has 0 spiro atoms. The second-order valence-corrected chi connectivity index (χ2v) is 2.79. The van der Waals surface area contributed by atoms with Crippen LogP contribution in [0.3, 0.4) is 0 Å². The van der Waals surface area contributed by atoms with Crippen molar-refractivity contribution < 1.29 is 26.7 Å². The molecule has 0 aliphatic carbocycles. The van der Waals surface area contributed by atoms with Crippen molar-refractivity contribution >= 4 is 0 Å². The van der Waals surface area contributed by atoms with Gasteiger partial charge in [0.2, 0.25) is 0 Å². The van der Waals surface area contributed by atoms with Gasteiger partial charge in [-0.3, -0.25) is 0 Å². The summed E-state index contributed by atoms with van der Waals surface area (Å²) in [5.41, 5.74) is 0.251. The Bertz CT molecular complexity index is 306. The average molecular weight is 226 g/mol. The zero-order valence-electron chi connectivity index (χ0n) is 7.39. The maximum absolute atomic E-state index is 12.3. The standard InChI is InChI=1S/C9H7F5O/c10-8(11,12)9(13,14)15-6-7-4-2-1-3-5-7/h1-5H,6H2. The molecule has 0 N–H and O–H groups in total. The normalized spacial score (nSPS) is 12.9. The van der Waals surface area contributed by atoms with E-state index in [0.29, 0.717) is 0 Å². The Morgan fingerprint density at radius 1 is 0.933 bits per heavy atom. The Morgan fingerprint density at radius 3 is 1.93 bits per heavy atom. The van der Waals surface area contributed by atoms with E-state index in [2.05, 4.69) is 4.74 Å². The van der Waals surface area contributed by atoms with Crippen molar-refractivity contribution in [3.63, 3.8) is 0 Å². The van der Waals surface area contributed by atoms with Gasteiger partial charge in [-0.2, -0.15) is 22.0 Å². The van der Waals surface area contributed by atoms with Crippen LogP contribution in [0.2, 0.25) is 0 Å². The highest BCUT2D eigenvalue weighted by atomic mass is 19.4. The van der Waals surface area contributed by atoms with Crippen molar-refractivity contribution in [2.75, 3.05) is 0 Å². The summed E-state index contributed by atoms with van der Waals surface area (Å²) in [6, 6.07) is 7.44. The highest BCUT2D eigenvalue weighted by Gasteiger charge is 2.59. The quantitative estimate of drug-likeness (QED) is 0.718. The molecule has 0 radical (unpaired) electrons. The van der Waals surface area contributed by atoms with Gasteiger partial charge in [0.25, 0.3) is 0 Å². The highest BCUT2D eigenvalue weighted by molar-refractivity contribution is 5.13. The van der Waals surface area contributed by atoms with Crippen molar-refractivity contribution in [1.29, 1.82) is 0 Å². The van der Waals surface area contributed by atoms with Crippen LogP contribution in [0.25, 0.3) is 0 Å². The molecule has 0 atom stereocenters. The molecule has 1 rings (SSSR count). The molecule has 6 heteroatoms. The minimum atomic E-state index is -5.68. The number of halogens is 5. The van der Waals surface area contributed by atoms with E-state index in [-0.39, 0.29) is 5.56 Å². The summed E-state index contributed by atoms with van der Waals surface area (Å²) in [6.45, 7) is -0.784. The lowest BCUT2D eigenvalue weighted by Crippen LogP contribution is -2.38. The van der Waals surface area contributed by atoms with Crippen LogP contribution in [0.1, 0.15) is 5.56 Å². The van der Waals surface area contributed by atoms with E-state index in [1.165, 1.54) is 24.3 Å². The molecule has 0 fully saturated rings. The van der Waals surface area contributed by atoms with Gasteiger partial charge in [0.1, 0.15) is 0 Å². The van der Waals surface area contributed by atoms with E-state index < -0.39 is 18.9 Å². The zero-order chi connectivity index (χ0) is 11.5. The molecule has 1 aromatic rings. The second kappa shape index (κ2) is 4.14. The summed E-state index contributed by atoms with van der Waals surface area (Å²) in [5.74, 6) is 0. The van der Waals surface area contributed by atoms with Crippen LogP contribution in [-0.4, -0.2) is 12.3 Å². The van der Waals surface area contributed by atoms with Gasteiger partial charge in [-0.1, -0.05) is 30.3 Å². The van der Waals surface area contributed by atoms with E-state index in [1.54, 1.807) is 6.07 Å². The monoisotopic (exact) mass is 226 g/mol. The summed E-state index contributed by atoms with van der Waals surface area (Å²) in [7, 11) is 0. The van der Waals surface area contributed by atoms with Gasteiger partial charge in [-0.15, -0.1) is 0 Å². The first kappa shape index (κ1) is 11.9. The molecular formula is C9H7F5O. The van der Waals surface area contributed by atoms with Crippen LogP contribution in [-0.2, 0) is 11.3 Å². The van der Waals surface area contributed by atoms with Crippen LogP contribution in [0.4, 0.5) is 22.0 Å². The fourth-order valence-electron chi connectivity index (χ4n) is 0.830. The number of rotatable bonds is 3. The molecule has 0 aromatic heterocycles. The molecule has 0 bridgehead atoms. The van der Waals surface area contributed by atoms with E-state index in [9.17, 15) is 22.0 Å². The summed E-state index contributed by atoms with van der Waals surface area (Å²) in [4.78, 5) is 0. The minimum Gasteiger partial charge on any atom is -0.308 e. The number of ether oxygens (including phenoxy) is 1. The van der Waals surface area contributed by atoms with Gasteiger partial charge in [0.05, 0.1) is 6.61 Å². The van der Waals surface area contributed by atoms with E-state index >= 15 is 0 Å². The lowest BCUT2D eigenvalue weighted by atomic mass is 10.2. The number of benzene rings is 1. The molecule has 0 saturated heterocycles. The number of hydrogen-bond donors (Lipinski definition) is 0. The molecule has 0 aliphatic rings. The third-order valence-electron chi connectivity index (χ3n) is 1.59. The fourth-order valence-corrected chi connectivity index (χ4v) is 0.830. The molecule has 0 saturated carbocycles. The molecule has 84 valence electrons. The van der Waals surface area contributed by atoms with Crippen molar-refractivity contribution in [1.82, 2.24) is 0 Å².